The van der Waals surface area contributed by atoms with E-state index < -0.39 is 0 Å². The zero-order valence-electron chi connectivity index (χ0n) is 21.9. The molecule has 31 heavy (non-hydrogen) atoms. The maximum Gasteiger partial charge on any atom is 0.0594 e. The number of allylic oxidation sites excluding steroid dienone is 2. The van der Waals surface area contributed by atoms with Gasteiger partial charge in [-0.1, -0.05) is 67.0 Å². The lowest BCUT2D eigenvalue weighted by Crippen LogP contribution is -2.62. The molecular weight excluding hydrogens is 376 g/mol. The topological polar surface area (TPSA) is 20.2 Å². The summed E-state index contributed by atoms with van der Waals surface area (Å²) in [4.78, 5) is 0. The van der Waals surface area contributed by atoms with Crippen molar-refractivity contribution in [1.82, 2.24) is 0 Å². The Morgan fingerprint density at radius 2 is 1.48 bits per heavy atom. The van der Waals surface area contributed by atoms with Crippen molar-refractivity contribution in [2.45, 2.75) is 119 Å². The van der Waals surface area contributed by atoms with Gasteiger partial charge in [0.05, 0.1) is 6.10 Å². The van der Waals surface area contributed by atoms with Crippen molar-refractivity contribution in [2.24, 2.45) is 56.7 Å². The Kier molecular flexibility index (Phi) is 4.82. The van der Waals surface area contributed by atoms with Gasteiger partial charge >= 0.3 is 0 Å². The highest BCUT2D eigenvalue weighted by Crippen LogP contribution is 2.76. The van der Waals surface area contributed by atoms with Crippen LogP contribution in [0.15, 0.2) is 11.6 Å². The van der Waals surface area contributed by atoms with E-state index in [2.05, 4.69) is 61.5 Å². The van der Waals surface area contributed by atoms with Gasteiger partial charge in [0, 0.05) is 0 Å². The molecule has 1 N–H and O–H groups in total. The molecule has 176 valence electrons. The first-order chi connectivity index (χ1) is 14.3. The smallest absolute Gasteiger partial charge is 0.0594 e. The minimum Gasteiger partial charge on any atom is -0.393 e. The first-order valence-electron chi connectivity index (χ1n) is 13.7. The molecule has 0 aliphatic heterocycles. The van der Waals surface area contributed by atoms with Crippen LogP contribution in [0, 0.1) is 56.7 Å². The van der Waals surface area contributed by atoms with Crippen LogP contribution >= 0.6 is 0 Å². The number of rotatable bonds is 1. The third-order valence-corrected chi connectivity index (χ3v) is 13.2. The fraction of sp³-hybridized carbons (Fsp3) is 0.933. The zero-order valence-corrected chi connectivity index (χ0v) is 21.9. The van der Waals surface area contributed by atoms with Crippen LogP contribution in [-0.2, 0) is 0 Å². The van der Waals surface area contributed by atoms with Crippen molar-refractivity contribution in [3.8, 4) is 0 Å². The van der Waals surface area contributed by atoms with Gasteiger partial charge in [0.25, 0.3) is 0 Å². The van der Waals surface area contributed by atoms with E-state index in [1.54, 1.807) is 0 Å². The summed E-state index contributed by atoms with van der Waals surface area (Å²) in [6.07, 6.45) is 14.6. The summed E-state index contributed by atoms with van der Waals surface area (Å²) in [5, 5.41) is 10.8. The maximum atomic E-state index is 10.8. The summed E-state index contributed by atoms with van der Waals surface area (Å²) in [5.41, 5.74) is 3.61. The molecule has 5 rings (SSSR count). The molecule has 0 aromatic carbocycles. The predicted octanol–water partition coefficient (Wildman–Crippen LogP) is 8.02. The molecule has 0 radical (unpaired) electrons. The van der Waals surface area contributed by atoms with Gasteiger partial charge in [-0.05, 0) is 114 Å². The molecule has 0 saturated heterocycles. The van der Waals surface area contributed by atoms with Gasteiger partial charge in [-0.15, -0.1) is 0 Å². The first-order valence-corrected chi connectivity index (χ1v) is 13.7. The lowest BCUT2D eigenvalue weighted by atomic mass is 9.35. The molecule has 0 heterocycles. The van der Waals surface area contributed by atoms with E-state index in [1.165, 1.54) is 51.4 Å². The lowest BCUT2D eigenvalue weighted by Gasteiger charge is -2.69. The monoisotopic (exact) mass is 426 g/mol. The number of hydrogen-bond donors (Lipinski definition) is 1. The van der Waals surface area contributed by atoms with E-state index in [4.69, 9.17) is 0 Å². The van der Waals surface area contributed by atoms with Crippen LogP contribution in [0.5, 0.6) is 0 Å². The van der Waals surface area contributed by atoms with Crippen LogP contribution in [0.4, 0.5) is 0 Å². The number of aliphatic hydroxyl groups excluding tert-OH is 1. The van der Waals surface area contributed by atoms with Crippen LogP contribution in [0.2, 0.25) is 0 Å². The van der Waals surface area contributed by atoms with Crippen LogP contribution in [-0.4, -0.2) is 11.2 Å². The largest absolute Gasteiger partial charge is 0.393 e. The van der Waals surface area contributed by atoms with Crippen molar-refractivity contribution >= 4 is 0 Å². The average Bonchev–Trinajstić information content (AvgIpc) is 3.05. The fourth-order valence-electron chi connectivity index (χ4n) is 11.2. The van der Waals surface area contributed by atoms with E-state index in [1.807, 2.05) is 5.57 Å². The van der Waals surface area contributed by atoms with E-state index in [9.17, 15) is 5.11 Å². The highest BCUT2D eigenvalue weighted by molar-refractivity contribution is 5.33. The van der Waals surface area contributed by atoms with E-state index >= 15 is 0 Å². The number of fused-ring (bicyclic) bond motifs is 7. The fourth-order valence-corrected chi connectivity index (χ4v) is 11.2. The molecule has 0 aromatic heterocycles. The normalized spacial score (nSPS) is 55.7. The van der Waals surface area contributed by atoms with E-state index in [0.717, 1.165) is 30.1 Å². The van der Waals surface area contributed by atoms with Crippen LogP contribution in [0.25, 0.3) is 0 Å². The van der Waals surface area contributed by atoms with Gasteiger partial charge in [-0.25, -0.2) is 0 Å². The molecule has 4 fully saturated rings. The molecule has 4 saturated carbocycles. The standard InChI is InChI=1S/C30H50O/c1-19(2)20-9-12-24-28(20,6)17-18-29(7)22-10-11-23-26(3,4)25(31)14-15-27(23,5)21(22)13-16-30(24,29)8/h13,19-20,22-25,31H,9-12,14-18H2,1-8H3/t20-,22-,23+,24+,25+,27-,28+,29+,30-/m1/s1. The summed E-state index contributed by atoms with van der Waals surface area (Å²) in [6, 6.07) is 0. The summed E-state index contributed by atoms with van der Waals surface area (Å²) in [7, 11) is 0. The molecule has 5 aliphatic carbocycles. The molecule has 0 spiro atoms. The highest BCUT2D eigenvalue weighted by atomic mass is 16.3. The second-order valence-corrected chi connectivity index (χ2v) is 14.7. The van der Waals surface area contributed by atoms with Gasteiger partial charge in [0.2, 0.25) is 0 Å². The molecular formula is C30H50O. The molecule has 0 aromatic rings. The predicted molar refractivity (Wildman–Crippen MR) is 131 cm³/mol. The highest BCUT2D eigenvalue weighted by Gasteiger charge is 2.68. The maximum absolute atomic E-state index is 10.8. The molecule has 0 amide bonds. The summed E-state index contributed by atoms with van der Waals surface area (Å²) in [5.74, 6) is 4.02. The lowest BCUT2D eigenvalue weighted by molar-refractivity contribution is -0.165. The van der Waals surface area contributed by atoms with Crippen molar-refractivity contribution < 1.29 is 5.11 Å². The second-order valence-electron chi connectivity index (χ2n) is 14.7. The minimum absolute atomic E-state index is 0.0432. The second kappa shape index (κ2) is 6.64. The van der Waals surface area contributed by atoms with Crippen LogP contribution in [0.1, 0.15) is 113 Å². The molecule has 9 atom stereocenters. The van der Waals surface area contributed by atoms with Gasteiger partial charge in [-0.2, -0.15) is 0 Å². The third-order valence-electron chi connectivity index (χ3n) is 13.2. The Bertz CT molecular complexity index is 777. The minimum atomic E-state index is -0.131. The molecule has 0 bridgehead atoms. The zero-order chi connectivity index (χ0) is 22.6. The quantitative estimate of drug-likeness (QED) is 0.421. The Hall–Kier alpha value is -0.300. The Morgan fingerprint density at radius 3 is 2.16 bits per heavy atom. The van der Waals surface area contributed by atoms with Crippen molar-refractivity contribution in [1.29, 1.82) is 0 Å². The average molecular weight is 427 g/mol. The first kappa shape index (κ1) is 22.5. The SMILES string of the molecule is CC(C)[C@H]1CC[C@H]2[C@@]1(C)CC[C@@]1(C)[C@@H]3CC[C@H]4C(C)(C)[C@@H](O)CC[C@]4(C)C3=CC[C@]21C. The van der Waals surface area contributed by atoms with Gasteiger partial charge in [0.15, 0.2) is 0 Å². The van der Waals surface area contributed by atoms with Crippen molar-refractivity contribution in [3.05, 3.63) is 11.6 Å². The van der Waals surface area contributed by atoms with Crippen molar-refractivity contribution in [2.75, 3.05) is 0 Å². The van der Waals surface area contributed by atoms with Gasteiger partial charge in [-0.3, -0.25) is 0 Å². The van der Waals surface area contributed by atoms with Crippen LogP contribution < -0.4 is 0 Å². The summed E-state index contributed by atoms with van der Waals surface area (Å²) >= 11 is 0. The number of hydrogen-bond acceptors (Lipinski definition) is 1. The molecule has 1 nitrogen and oxygen atoms in total. The van der Waals surface area contributed by atoms with E-state index in [-0.39, 0.29) is 11.5 Å². The Labute approximate surface area is 192 Å². The van der Waals surface area contributed by atoms with Gasteiger partial charge < -0.3 is 5.11 Å². The summed E-state index contributed by atoms with van der Waals surface area (Å²) < 4.78 is 0. The molecule has 0 unspecified atom stereocenters. The number of aliphatic hydroxyl groups is 1. The van der Waals surface area contributed by atoms with Crippen molar-refractivity contribution in [3.63, 3.8) is 0 Å². The van der Waals surface area contributed by atoms with Gasteiger partial charge in [0.1, 0.15) is 0 Å². The van der Waals surface area contributed by atoms with E-state index in [0.29, 0.717) is 27.6 Å². The molecule has 1 heteroatoms. The third kappa shape index (κ3) is 2.60. The summed E-state index contributed by atoms with van der Waals surface area (Å²) in [6.45, 7) is 20.4. The molecule has 5 aliphatic rings. The Balaban J connectivity index is 1.55. The van der Waals surface area contributed by atoms with Crippen LogP contribution in [0.3, 0.4) is 0 Å². The Morgan fingerprint density at radius 1 is 0.806 bits per heavy atom.